The predicted octanol–water partition coefficient (Wildman–Crippen LogP) is 4.01. The average molecular weight is 223 g/mol. The third kappa shape index (κ3) is 1.93. The summed E-state index contributed by atoms with van der Waals surface area (Å²) in [6, 6.07) is 15.8. The molecule has 1 aliphatic rings. The van der Waals surface area contributed by atoms with Crippen LogP contribution in [-0.2, 0) is 6.42 Å². The Bertz CT molecular complexity index is 512. The zero-order valence-electron chi connectivity index (χ0n) is 10.3. The van der Waals surface area contributed by atoms with Gasteiger partial charge in [-0.05, 0) is 37.5 Å². The first-order valence-electron chi connectivity index (χ1n) is 6.15. The highest BCUT2D eigenvalue weighted by Gasteiger charge is 2.21. The lowest BCUT2D eigenvalue weighted by Gasteiger charge is -2.13. The van der Waals surface area contributed by atoms with Crippen molar-refractivity contribution in [2.24, 2.45) is 0 Å². The lowest BCUT2D eigenvalue weighted by molar-refractivity contribution is 0.821. The maximum absolute atomic E-state index is 3.61. The van der Waals surface area contributed by atoms with Gasteiger partial charge in [0, 0.05) is 5.69 Å². The zero-order valence-corrected chi connectivity index (χ0v) is 10.3. The van der Waals surface area contributed by atoms with Crippen molar-refractivity contribution in [3.05, 3.63) is 64.7 Å². The first kappa shape index (κ1) is 10.4. The molecule has 86 valence electrons. The van der Waals surface area contributed by atoms with Gasteiger partial charge in [0.15, 0.2) is 0 Å². The monoisotopic (exact) mass is 223 g/mol. The van der Waals surface area contributed by atoms with Crippen LogP contribution in [0.25, 0.3) is 0 Å². The molecule has 0 saturated heterocycles. The summed E-state index contributed by atoms with van der Waals surface area (Å²) in [6.45, 7) is 4.33. The Morgan fingerprint density at radius 2 is 1.71 bits per heavy atom. The van der Waals surface area contributed by atoms with Gasteiger partial charge in [0.2, 0.25) is 0 Å². The third-order valence-corrected chi connectivity index (χ3v) is 3.42. The Kier molecular flexibility index (Phi) is 2.40. The van der Waals surface area contributed by atoms with E-state index in [9.17, 15) is 0 Å². The summed E-state index contributed by atoms with van der Waals surface area (Å²) in [5.41, 5.74) is 6.81. The van der Waals surface area contributed by atoms with Crippen LogP contribution in [0.15, 0.2) is 42.5 Å². The molecule has 1 heteroatoms. The fourth-order valence-electron chi connectivity index (χ4n) is 2.71. The molecule has 1 nitrogen and oxygen atoms in total. The van der Waals surface area contributed by atoms with Crippen molar-refractivity contribution in [3.63, 3.8) is 0 Å². The number of para-hydroxylation sites is 1. The molecule has 0 saturated carbocycles. The van der Waals surface area contributed by atoms with E-state index in [4.69, 9.17) is 0 Å². The summed E-state index contributed by atoms with van der Waals surface area (Å²) >= 11 is 0. The van der Waals surface area contributed by atoms with Crippen LogP contribution < -0.4 is 5.32 Å². The van der Waals surface area contributed by atoms with Crippen LogP contribution in [0, 0.1) is 13.8 Å². The van der Waals surface area contributed by atoms with Crippen LogP contribution in [0.2, 0.25) is 0 Å². The Morgan fingerprint density at radius 1 is 1.00 bits per heavy atom. The van der Waals surface area contributed by atoms with E-state index in [0.717, 1.165) is 6.42 Å². The van der Waals surface area contributed by atoms with Crippen molar-refractivity contribution in [3.8, 4) is 0 Å². The van der Waals surface area contributed by atoms with Crippen LogP contribution in [0.1, 0.15) is 28.3 Å². The van der Waals surface area contributed by atoms with Crippen molar-refractivity contribution in [2.75, 3.05) is 5.32 Å². The second-order valence-electron chi connectivity index (χ2n) is 4.98. The maximum Gasteiger partial charge on any atom is 0.0555 e. The molecule has 1 atom stereocenters. The number of fused-ring (bicyclic) bond motifs is 1. The van der Waals surface area contributed by atoms with Gasteiger partial charge in [-0.3, -0.25) is 0 Å². The van der Waals surface area contributed by atoms with Crippen LogP contribution in [-0.4, -0.2) is 0 Å². The number of nitrogens with one attached hydrogen (secondary N) is 1. The first-order chi connectivity index (χ1) is 8.22. The van der Waals surface area contributed by atoms with E-state index >= 15 is 0 Å². The Hall–Kier alpha value is -1.76. The molecule has 0 fully saturated rings. The van der Waals surface area contributed by atoms with Gasteiger partial charge in [0.25, 0.3) is 0 Å². The van der Waals surface area contributed by atoms with Crippen LogP contribution in [0.5, 0.6) is 0 Å². The van der Waals surface area contributed by atoms with E-state index in [0.29, 0.717) is 6.04 Å². The predicted molar refractivity (Wildman–Crippen MR) is 72.4 cm³/mol. The van der Waals surface area contributed by atoms with Gasteiger partial charge >= 0.3 is 0 Å². The molecular weight excluding hydrogens is 206 g/mol. The number of anilines is 1. The van der Waals surface area contributed by atoms with Gasteiger partial charge in [-0.1, -0.05) is 47.5 Å². The summed E-state index contributed by atoms with van der Waals surface area (Å²) in [7, 11) is 0. The van der Waals surface area contributed by atoms with Gasteiger partial charge in [0.1, 0.15) is 0 Å². The molecule has 0 bridgehead atoms. The minimum Gasteiger partial charge on any atom is -0.378 e. The van der Waals surface area contributed by atoms with E-state index < -0.39 is 0 Å². The van der Waals surface area contributed by atoms with E-state index in [-0.39, 0.29) is 0 Å². The summed E-state index contributed by atoms with van der Waals surface area (Å²) in [5.74, 6) is 0. The molecule has 0 amide bonds. The lowest BCUT2D eigenvalue weighted by atomic mass is 9.99. The first-order valence-corrected chi connectivity index (χ1v) is 6.15. The van der Waals surface area contributed by atoms with Crippen molar-refractivity contribution in [2.45, 2.75) is 26.3 Å². The number of hydrogen-bond acceptors (Lipinski definition) is 1. The van der Waals surface area contributed by atoms with E-state index in [1.807, 2.05) is 0 Å². The Labute approximate surface area is 102 Å². The topological polar surface area (TPSA) is 12.0 Å². The molecule has 0 aliphatic carbocycles. The van der Waals surface area contributed by atoms with Gasteiger partial charge in [-0.15, -0.1) is 0 Å². The molecular formula is C16H17N. The number of hydrogen-bond donors (Lipinski definition) is 1. The smallest absolute Gasteiger partial charge is 0.0555 e. The van der Waals surface area contributed by atoms with Crippen molar-refractivity contribution in [1.29, 1.82) is 0 Å². The van der Waals surface area contributed by atoms with E-state index in [1.165, 1.54) is 27.9 Å². The van der Waals surface area contributed by atoms with Crippen molar-refractivity contribution >= 4 is 5.69 Å². The molecule has 17 heavy (non-hydrogen) atoms. The molecule has 2 aromatic rings. The second kappa shape index (κ2) is 3.92. The van der Waals surface area contributed by atoms with E-state index in [1.54, 1.807) is 0 Å². The molecule has 1 heterocycles. The highest BCUT2D eigenvalue weighted by atomic mass is 14.9. The minimum atomic E-state index is 0.436. The molecule has 0 spiro atoms. The Balaban J connectivity index is 1.93. The fourth-order valence-corrected chi connectivity index (χ4v) is 2.71. The number of rotatable bonds is 1. The second-order valence-corrected chi connectivity index (χ2v) is 4.98. The minimum absolute atomic E-state index is 0.436. The molecule has 0 radical (unpaired) electrons. The highest BCUT2D eigenvalue weighted by molar-refractivity contribution is 5.58. The fraction of sp³-hybridized carbons (Fsp3) is 0.250. The van der Waals surface area contributed by atoms with Crippen LogP contribution in [0.3, 0.4) is 0 Å². The zero-order chi connectivity index (χ0) is 11.8. The number of benzene rings is 2. The quantitative estimate of drug-likeness (QED) is 0.770. The highest BCUT2D eigenvalue weighted by Crippen LogP contribution is 2.34. The summed E-state index contributed by atoms with van der Waals surface area (Å²) in [6.07, 6.45) is 1.10. The van der Waals surface area contributed by atoms with E-state index in [2.05, 4.69) is 61.6 Å². The van der Waals surface area contributed by atoms with Crippen LogP contribution in [0.4, 0.5) is 5.69 Å². The molecule has 2 aromatic carbocycles. The van der Waals surface area contributed by atoms with Gasteiger partial charge in [0.05, 0.1) is 6.04 Å². The van der Waals surface area contributed by atoms with Crippen molar-refractivity contribution in [1.82, 2.24) is 0 Å². The SMILES string of the molecule is Cc1cc(C)cc(C2Cc3ccccc3N2)c1. The van der Waals surface area contributed by atoms with Crippen molar-refractivity contribution < 1.29 is 0 Å². The largest absolute Gasteiger partial charge is 0.378 e. The van der Waals surface area contributed by atoms with Crippen LogP contribution >= 0.6 is 0 Å². The number of aryl methyl sites for hydroxylation is 2. The maximum atomic E-state index is 3.61. The van der Waals surface area contributed by atoms with Gasteiger partial charge in [-0.2, -0.15) is 0 Å². The normalized spacial score (nSPS) is 17.6. The standard InChI is InChI=1S/C16H17N/c1-11-7-12(2)9-14(8-11)16-10-13-5-3-4-6-15(13)17-16/h3-9,16-17H,10H2,1-2H3. The lowest BCUT2D eigenvalue weighted by Crippen LogP contribution is -2.06. The molecule has 0 aromatic heterocycles. The molecule has 1 N–H and O–H groups in total. The summed E-state index contributed by atoms with van der Waals surface area (Å²) in [4.78, 5) is 0. The molecule has 1 aliphatic heterocycles. The summed E-state index contributed by atoms with van der Waals surface area (Å²) < 4.78 is 0. The van der Waals surface area contributed by atoms with Gasteiger partial charge in [-0.25, -0.2) is 0 Å². The van der Waals surface area contributed by atoms with Gasteiger partial charge < -0.3 is 5.32 Å². The third-order valence-electron chi connectivity index (χ3n) is 3.42. The summed E-state index contributed by atoms with van der Waals surface area (Å²) in [5, 5.41) is 3.61. The molecule has 3 rings (SSSR count). The Morgan fingerprint density at radius 3 is 2.41 bits per heavy atom. The molecule has 1 unspecified atom stereocenters. The average Bonchev–Trinajstić information content (AvgIpc) is 2.71.